The van der Waals surface area contributed by atoms with E-state index in [4.69, 9.17) is 33.0 Å². The molecular formula is C21H27BO9. The van der Waals surface area contributed by atoms with Crippen LogP contribution in [-0.4, -0.2) is 70.3 Å². The minimum absolute atomic E-state index is 0.194. The van der Waals surface area contributed by atoms with E-state index >= 15 is 0 Å². The second-order valence-corrected chi connectivity index (χ2v) is 8.24. The minimum Gasteiger partial charge on any atom is -0.469 e. The third kappa shape index (κ3) is 3.37. The van der Waals surface area contributed by atoms with Crippen molar-refractivity contribution in [3.63, 3.8) is 0 Å². The van der Waals surface area contributed by atoms with Crippen molar-refractivity contribution in [3.05, 3.63) is 30.3 Å². The van der Waals surface area contributed by atoms with E-state index in [9.17, 15) is 9.59 Å². The van der Waals surface area contributed by atoms with Crippen LogP contribution < -0.4 is 5.46 Å². The van der Waals surface area contributed by atoms with E-state index < -0.39 is 60.8 Å². The molecule has 9 nitrogen and oxygen atoms in total. The molecule has 2 heterocycles. The molecule has 0 amide bonds. The third-order valence-electron chi connectivity index (χ3n) is 6.61. The molecular weight excluding hydrogens is 407 g/mol. The lowest BCUT2D eigenvalue weighted by atomic mass is 9.65. The van der Waals surface area contributed by atoms with Crippen LogP contribution in [0.1, 0.15) is 20.3 Å². The van der Waals surface area contributed by atoms with Crippen molar-refractivity contribution in [1.29, 1.82) is 0 Å². The Bertz CT molecular complexity index is 835. The van der Waals surface area contributed by atoms with Gasteiger partial charge >= 0.3 is 19.1 Å². The molecule has 3 fully saturated rings. The van der Waals surface area contributed by atoms with Gasteiger partial charge in [0.1, 0.15) is 12.0 Å². The lowest BCUT2D eigenvalue weighted by Crippen LogP contribution is -2.72. The Hall–Kier alpha value is -1.98. The molecule has 4 rings (SSSR count). The second-order valence-electron chi connectivity index (χ2n) is 8.24. The van der Waals surface area contributed by atoms with Crippen molar-refractivity contribution in [3.8, 4) is 0 Å². The third-order valence-corrected chi connectivity index (χ3v) is 6.61. The molecule has 10 heteroatoms. The van der Waals surface area contributed by atoms with Crippen LogP contribution in [-0.2, 0) is 42.6 Å². The molecule has 0 N–H and O–H groups in total. The molecule has 0 unspecified atom stereocenters. The summed E-state index contributed by atoms with van der Waals surface area (Å²) in [6, 6.07) is 9.38. The summed E-state index contributed by atoms with van der Waals surface area (Å²) < 4.78 is 40.9. The first-order chi connectivity index (χ1) is 14.8. The Morgan fingerprint density at radius 3 is 2.32 bits per heavy atom. The first-order valence-corrected chi connectivity index (χ1v) is 10.2. The molecule has 168 valence electrons. The van der Waals surface area contributed by atoms with Crippen LogP contribution in [0.2, 0.25) is 0 Å². The summed E-state index contributed by atoms with van der Waals surface area (Å²) in [5.41, 5.74) is -1.47. The first kappa shape index (κ1) is 22.2. The van der Waals surface area contributed by atoms with Crippen LogP contribution in [0.5, 0.6) is 0 Å². The molecule has 2 aliphatic heterocycles. The SMILES string of the molecule is COC(=O)[C@H]1[C@H](OC)O[C@@H](OC)[C@@H]2[C@@]3(C)OB(c4ccccc4)O[C@]21C[C@@H]3OC(C)=O. The second kappa shape index (κ2) is 8.18. The standard InChI is InChI=1S/C21H27BO9/c1-12(23)28-14-11-21-15(17(24)25-3)18(26-4)29-19(27-5)16(21)20(14,2)30-22(31-21)13-9-7-6-8-10-13/h6-10,14-16,18-19H,11H2,1-5H3/t14-,15-,16+,18+,19+,20-,21-/m0/s1. The molecule has 1 saturated carbocycles. The smallest absolute Gasteiger partial charge is 0.469 e. The summed E-state index contributed by atoms with van der Waals surface area (Å²) in [6.07, 6.45) is -2.32. The number of hydrogen-bond donors (Lipinski definition) is 0. The van der Waals surface area contributed by atoms with Gasteiger partial charge in [0.15, 0.2) is 12.6 Å². The van der Waals surface area contributed by atoms with Gasteiger partial charge in [-0.15, -0.1) is 0 Å². The summed E-state index contributed by atoms with van der Waals surface area (Å²) in [7, 11) is 3.43. The van der Waals surface area contributed by atoms with Crippen LogP contribution in [0.25, 0.3) is 0 Å². The normalized spacial score (nSPS) is 39.0. The van der Waals surface area contributed by atoms with E-state index in [1.807, 2.05) is 37.3 Å². The van der Waals surface area contributed by atoms with Crippen molar-refractivity contribution >= 4 is 24.5 Å². The van der Waals surface area contributed by atoms with Crippen LogP contribution in [0, 0.1) is 11.8 Å². The van der Waals surface area contributed by atoms with E-state index in [0.29, 0.717) is 0 Å². The van der Waals surface area contributed by atoms with Crippen molar-refractivity contribution in [1.82, 2.24) is 0 Å². The van der Waals surface area contributed by atoms with Crippen LogP contribution >= 0.6 is 0 Å². The molecule has 31 heavy (non-hydrogen) atoms. The van der Waals surface area contributed by atoms with E-state index in [0.717, 1.165) is 5.46 Å². The maximum absolute atomic E-state index is 13.0. The van der Waals surface area contributed by atoms with Crippen molar-refractivity contribution in [2.45, 2.75) is 50.2 Å². The quantitative estimate of drug-likeness (QED) is 0.489. The van der Waals surface area contributed by atoms with Crippen molar-refractivity contribution < 1.29 is 42.6 Å². The van der Waals surface area contributed by atoms with Gasteiger partial charge < -0.3 is 33.0 Å². The Balaban J connectivity index is 1.88. The Morgan fingerprint density at radius 2 is 1.74 bits per heavy atom. The zero-order valence-electron chi connectivity index (χ0n) is 18.2. The van der Waals surface area contributed by atoms with Gasteiger partial charge in [0.05, 0.1) is 24.2 Å². The maximum atomic E-state index is 13.0. The lowest BCUT2D eigenvalue weighted by molar-refractivity contribution is -0.354. The average Bonchev–Trinajstić information content (AvgIpc) is 2.92. The summed E-state index contributed by atoms with van der Waals surface area (Å²) in [4.78, 5) is 24.9. The highest BCUT2D eigenvalue weighted by atomic mass is 16.8. The average molecular weight is 434 g/mol. The monoisotopic (exact) mass is 434 g/mol. The van der Waals surface area contributed by atoms with Gasteiger partial charge in [-0.2, -0.15) is 0 Å². The fourth-order valence-corrected chi connectivity index (χ4v) is 5.37. The predicted molar refractivity (Wildman–Crippen MR) is 107 cm³/mol. The molecule has 3 aliphatic rings. The Labute approximate surface area is 181 Å². The van der Waals surface area contributed by atoms with Crippen molar-refractivity contribution in [2.24, 2.45) is 11.8 Å². The number of ether oxygens (including phenoxy) is 5. The summed E-state index contributed by atoms with van der Waals surface area (Å²) in [5.74, 6) is -2.55. The molecule has 1 aliphatic carbocycles. The number of esters is 2. The van der Waals surface area contributed by atoms with Crippen LogP contribution in [0.3, 0.4) is 0 Å². The number of carbonyl (C=O) groups excluding carboxylic acids is 2. The van der Waals surface area contributed by atoms with E-state index in [1.165, 1.54) is 28.3 Å². The van der Waals surface area contributed by atoms with Crippen LogP contribution in [0.4, 0.5) is 0 Å². The van der Waals surface area contributed by atoms with E-state index in [-0.39, 0.29) is 6.42 Å². The fourth-order valence-electron chi connectivity index (χ4n) is 5.37. The number of benzene rings is 1. The first-order valence-electron chi connectivity index (χ1n) is 10.2. The summed E-state index contributed by atoms with van der Waals surface area (Å²) in [5, 5.41) is 0. The fraction of sp³-hybridized carbons (Fsp3) is 0.619. The molecule has 1 aromatic rings. The van der Waals surface area contributed by atoms with E-state index in [2.05, 4.69) is 0 Å². The maximum Gasteiger partial charge on any atom is 0.494 e. The summed E-state index contributed by atoms with van der Waals surface area (Å²) >= 11 is 0. The molecule has 0 aromatic heterocycles. The number of hydrogen-bond acceptors (Lipinski definition) is 9. The number of methoxy groups -OCH3 is 3. The zero-order chi connectivity index (χ0) is 22.4. The van der Waals surface area contributed by atoms with E-state index in [1.54, 1.807) is 0 Å². The van der Waals surface area contributed by atoms with Gasteiger partial charge in [-0.1, -0.05) is 30.3 Å². The van der Waals surface area contributed by atoms with Crippen LogP contribution in [0.15, 0.2) is 30.3 Å². The predicted octanol–water partition coefficient (Wildman–Crippen LogP) is 0.642. The topological polar surface area (TPSA) is 98.8 Å². The zero-order valence-corrected chi connectivity index (χ0v) is 18.2. The molecule has 2 bridgehead atoms. The molecule has 0 radical (unpaired) electrons. The van der Waals surface area contributed by atoms with Gasteiger partial charge in [0, 0.05) is 27.6 Å². The molecule has 7 atom stereocenters. The van der Waals surface area contributed by atoms with Gasteiger partial charge in [-0.05, 0) is 12.4 Å². The van der Waals surface area contributed by atoms with Gasteiger partial charge in [0.25, 0.3) is 0 Å². The van der Waals surface area contributed by atoms with Gasteiger partial charge in [-0.25, -0.2) is 0 Å². The minimum atomic E-state index is -1.18. The Kier molecular flexibility index (Phi) is 5.86. The highest BCUT2D eigenvalue weighted by Crippen LogP contribution is 2.61. The molecule has 1 aromatic carbocycles. The van der Waals surface area contributed by atoms with Gasteiger partial charge in [-0.3, -0.25) is 9.59 Å². The summed E-state index contributed by atoms with van der Waals surface area (Å²) in [6.45, 7) is 3.17. The largest absolute Gasteiger partial charge is 0.494 e. The lowest BCUT2D eigenvalue weighted by Gasteiger charge is -2.56. The number of carbonyl (C=O) groups is 2. The number of rotatable bonds is 5. The highest BCUT2D eigenvalue weighted by molar-refractivity contribution is 6.61. The molecule has 0 spiro atoms. The van der Waals surface area contributed by atoms with Gasteiger partial charge in [0.2, 0.25) is 0 Å². The highest BCUT2D eigenvalue weighted by Gasteiger charge is 2.77. The molecule has 2 saturated heterocycles. The Morgan fingerprint density at radius 1 is 1.06 bits per heavy atom. The van der Waals surface area contributed by atoms with Crippen molar-refractivity contribution in [2.75, 3.05) is 21.3 Å².